The number of nitrogens with one attached hydrogen (secondary N) is 1. The average molecular weight is 352 g/mol. The van der Waals surface area contributed by atoms with Gasteiger partial charge in [-0.15, -0.1) is 0 Å². The van der Waals surface area contributed by atoms with E-state index in [0.29, 0.717) is 15.9 Å². The lowest BCUT2D eigenvalue weighted by Gasteiger charge is -2.15. The van der Waals surface area contributed by atoms with E-state index in [-0.39, 0.29) is 17.5 Å². The maximum absolute atomic E-state index is 11.2. The lowest BCUT2D eigenvalue weighted by Crippen LogP contribution is -2.25. The Hall–Kier alpha value is -1.22. The van der Waals surface area contributed by atoms with Crippen molar-refractivity contribution >= 4 is 37.3 Å². The first-order valence-corrected chi connectivity index (χ1v) is 8.21. The molecule has 0 spiro atoms. The van der Waals surface area contributed by atoms with Crippen molar-refractivity contribution < 1.29 is 13.3 Å². The van der Waals surface area contributed by atoms with Crippen molar-refractivity contribution in [1.82, 2.24) is 4.98 Å². The van der Waals surface area contributed by atoms with Gasteiger partial charge in [0.1, 0.15) is 21.9 Å². The number of halogens is 1. The van der Waals surface area contributed by atoms with E-state index < -0.39 is 14.8 Å². The maximum atomic E-state index is 11.2. The number of pyridine rings is 1. The van der Waals surface area contributed by atoms with Crippen LogP contribution >= 0.6 is 15.9 Å². The van der Waals surface area contributed by atoms with Gasteiger partial charge in [-0.2, -0.15) is 0 Å². The van der Waals surface area contributed by atoms with Crippen molar-refractivity contribution in [1.29, 1.82) is 0 Å². The van der Waals surface area contributed by atoms with E-state index >= 15 is 0 Å². The van der Waals surface area contributed by atoms with Gasteiger partial charge in [0.2, 0.25) is 0 Å². The van der Waals surface area contributed by atoms with Crippen LogP contribution in [0.2, 0.25) is 0 Å². The Kier molecular flexibility index (Phi) is 4.86. The van der Waals surface area contributed by atoms with Crippen LogP contribution in [0.5, 0.6) is 0 Å². The van der Waals surface area contributed by atoms with Crippen LogP contribution in [0.3, 0.4) is 0 Å². The van der Waals surface area contributed by atoms with Crippen molar-refractivity contribution in [2.75, 3.05) is 17.3 Å². The van der Waals surface area contributed by atoms with Gasteiger partial charge in [0.15, 0.2) is 0 Å². The summed E-state index contributed by atoms with van der Waals surface area (Å²) in [5.41, 5.74) is 0.349. The number of hydrogen-bond acceptors (Lipinski definition) is 6. The fourth-order valence-corrected chi connectivity index (χ4v) is 2.99. The highest BCUT2D eigenvalue weighted by Crippen LogP contribution is 2.30. The molecular weight excluding hydrogens is 338 g/mol. The van der Waals surface area contributed by atoms with Gasteiger partial charge in [-0.1, -0.05) is 0 Å². The fourth-order valence-electron chi connectivity index (χ4n) is 1.58. The summed E-state index contributed by atoms with van der Waals surface area (Å²) in [4.78, 5) is 14.2. The summed E-state index contributed by atoms with van der Waals surface area (Å²) in [7, 11) is -3.10. The van der Waals surface area contributed by atoms with E-state index in [1.165, 1.54) is 0 Å². The van der Waals surface area contributed by atoms with Crippen molar-refractivity contribution in [2.24, 2.45) is 0 Å². The summed E-state index contributed by atoms with van der Waals surface area (Å²) in [6.45, 7) is 3.29. The second-order valence-electron chi connectivity index (χ2n) is 4.33. The largest absolute Gasteiger partial charge is 0.366 e. The Balaban J connectivity index is 2.98. The van der Waals surface area contributed by atoms with Gasteiger partial charge in [-0.25, -0.2) is 13.4 Å². The first kappa shape index (κ1) is 15.8. The molecule has 0 saturated heterocycles. The van der Waals surface area contributed by atoms with Crippen molar-refractivity contribution in [2.45, 2.75) is 19.9 Å². The minimum absolute atomic E-state index is 0.0445. The molecule has 1 atom stereocenters. The molecule has 106 valence electrons. The first-order valence-electron chi connectivity index (χ1n) is 5.35. The minimum Gasteiger partial charge on any atom is -0.366 e. The summed E-state index contributed by atoms with van der Waals surface area (Å²) in [6.07, 6.45) is 2.30. The van der Waals surface area contributed by atoms with Crippen LogP contribution < -0.4 is 5.32 Å². The second-order valence-corrected chi connectivity index (χ2v) is 7.30. The van der Waals surface area contributed by atoms with Crippen molar-refractivity contribution in [3.8, 4) is 0 Å². The minimum atomic E-state index is -3.10. The fraction of sp³-hybridized carbons (Fsp3) is 0.500. The molecule has 9 heteroatoms. The van der Waals surface area contributed by atoms with Gasteiger partial charge in [-0.05, 0) is 29.8 Å². The van der Waals surface area contributed by atoms with E-state index in [0.717, 1.165) is 12.5 Å². The van der Waals surface area contributed by atoms with Gasteiger partial charge in [0.05, 0.1) is 15.1 Å². The standard InChI is InChI=1S/C10H14BrN3O4S/c1-6(5-19(3,17)18)13-10-9(11)7(2)8(4-12-10)14(15)16/h4,6H,5H2,1-3H3,(H,12,13). The van der Waals surface area contributed by atoms with Crippen molar-refractivity contribution in [3.05, 3.63) is 26.3 Å². The Morgan fingerprint density at radius 3 is 2.63 bits per heavy atom. The summed E-state index contributed by atoms with van der Waals surface area (Å²) in [5, 5.41) is 13.7. The molecule has 0 aliphatic carbocycles. The highest BCUT2D eigenvalue weighted by atomic mass is 79.9. The van der Waals surface area contributed by atoms with Crippen LogP contribution in [-0.2, 0) is 9.84 Å². The number of rotatable bonds is 5. The molecule has 1 unspecified atom stereocenters. The maximum Gasteiger partial charge on any atom is 0.291 e. The third-order valence-electron chi connectivity index (χ3n) is 2.37. The SMILES string of the molecule is Cc1c([N+](=O)[O-])cnc(NC(C)CS(C)(=O)=O)c1Br. The lowest BCUT2D eigenvalue weighted by molar-refractivity contribution is -0.385. The van der Waals surface area contributed by atoms with E-state index in [1.54, 1.807) is 13.8 Å². The molecular formula is C10H14BrN3O4S. The Bertz CT molecular complexity index is 603. The third-order valence-corrected chi connectivity index (χ3v) is 4.45. The molecule has 1 aromatic heterocycles. The third kappa shape index (κ3) is 4.43. The molecule has 0 amide bonds. The van der Waals surface area contributed by atoms with Crippen molar-refractivity contribution in [3.63, 3.8) is 0 Å². The first-order chi connectivity index (χ1) is 8.61. The predicted molar refractivity (Wildman–Crippen MR) is 76.1 cm³/mol. The van der Waals surface area contributed by atoms with E-state index in [4.69, 9.17) is 0 Å². The molecule has 0 aliphatic heterocycles. The van der Waals surface area contributed by atoms with Crippen LogP contribution in [0.25, 0.3) is 0 Å². The molecule has 7 nitrogen and oxygen atoms in total. The number of hydrogen-bond donors (Lipinski definition) is 1. The zero-order chi connectivity index (χ0) is 14.8. The van der Waals surface area contributed by atoms with Crippen LogP contribution in [0.15, 0.2) is 10.7 Å². The van der Waals surface area contributed by atoms with Crippen LogP contribution in [-0.4, -0.2) is 36.4 Å². The zero-order valence-corrected chi connectivity index (χ0v) is 13.1. The Morgan fingerprint density at radius 2 is 2.16 bits per heavy atom. The van der Waals surface area contributed by atoms with Crippen LogP contribution in [0.1, 0.15) is 12.5 Å². The molecule has 0 fully saturated rings. The monoisotopic (exact) mass is 351 g/mol. The number of aromatic nitrogens is 1. The molecule has 0 aliphatic rings. The van der Waals surface area contributed by atoms with E-state index in [9.17, 15) is 18.5 Å². The van der Waals surface area contributed by atoms with E-state index in [1.807, 2.05) is 0 Å². The molecule has 0 aromatic carbocycles. The summed E-state index contributed by atoms with van der Waals surface area (Å²) >= 11 is 3.23. The normalized spacial score (nSPS) is 13.1. The molecule has 1 aromatic rings. The average Bonchev–Trinajstić information content (AvgIpc) is 2.21. The van der Waals surface area contributed by atoms with Gasteiger partial charge < -0.3 is 5.32 Å². The van der Waals surface area contributed by atoms with Gasteiger partial charge in [0, 0.05) is 17.9 Å². The smallest absolute Gasteiger partial charge is 0.291 e. The number of nitrogens with zero attached hydrogens (tertiary/aromatic N) is 2. The Morgan fingerprint density at radius 1 is 1.58 bits per heavy atom. The molecule has 19 heavy (non-hydrogen) atoms. The van der Waals surface area contributed by atoms with Gasteiger partial charge in [0.25, 0.3) is 5.69 Å². The van der Waals surface area contributed by atoms with Gasteiger partial charge in [-0.3, -0.25) is 10.1 Å². The predicted octanol–water partition coefficient (Wildman–Crippen LogP) is 1.91. The molecule has 0 bridgehead atoms. The molecule has 0 radical (unpaired) electrons. The highest BCUT2D eigenvalue weighted by Gasteiger charge is 2.19. The summed E-state index contributed by atoms with van der Waals surface area (Å²) in [6, 6.07) is -0.348. The van der Waals surface area contributed by atoms with Crippen LogP contribution in [0.4, 0.5) is 11.5 Å². The molecule has 1 N–H and O–H groups in total. The Labute approximate surface area is 119 Å². The molecule has 1 heterocycles. The number of sulfone groups is 1. The van der Waals surface area contributed by atoms with Gasteiger partial charge >= 0.3 is 0 Å². The topological polar surface area (TPSA) is 102 Å². The van der Waals surface area contributed by atoms with Crippen LogP contribution in [0, 0.1) is 17.0 Å². The summed E-state index contributed by atoms with van der Waals surface area (Å²) in [5.74, 6) is 0.344. The second kappa shape index (κ2) is 5.83. The zero-order valence-electron chi connectivity index (χ0n) is 10.7. The highest BCUT2D eigenvalue weighted by molar-refractivity contribution is 9.10. The molecule has 0 saturated carbocycles. The molecule has 1 rings (SSSR count). The summed E-state index contributed by atoms with van der Waals surface area (Å²) < 4.78 is 22.8. The number of anilines is 1. The lowest BCUT2D eigenvalue weighted by atomic mass is 10.2. The van der Waals surface area contributed by atoms with E-state index in [2.05, 4.69) is 26.2 Å². The number of nitro groups is 1. The quantitative estimate of drug-likeness (QED) is 0.641.